The zero-order valence-corrected chi connectivity index (χ0v) is 20.7. The molecule has 35 heavy (non-hydrogen) atoms. The van der Waals surface area contributed by atoms with Crippen LogP contribution in [0.3, 0.4) is 0 Å². The third-order valence-corrected chi connectivity index (χ3v) is 7.15. The van der Waals surface area contributed by atoms with Crippen molar-refractivity contribution in [2.45, 2.75) is 25.0 Å². The highest BCUT2D eigenvalue weighted by Crippen LogP contribution is 2.24. The maximum absolute atomic E-state index is 12.8. The Bertz CT molecular complexity index is 1440. The van der Waals surface area contributed by atoms with E-state index in [1.165, 1.54) is 10.3 Å². The molecule has 0 bridgehead atoms. The van der Waals surface area contributed by atoms with Crippen molar-refractivity contribution in [1.82, 2.24) is 29.1 Å². The highest BCUT2D eigenvalue weighted by molar-refractivity contribution is 7.99. The second-order valence-electron chi connectivity index (χ2n) is 8.55. The number of thioether (sulfide) groups is 1. The van der Waals surface area contributed by atoms with Crippen LogP contribution in [0, 0.1) is 6.92 Å². The minimum absolute atomic E-state index is 0.403. The molecule has 0 radical (unpaired) electrons. The van der Waals surface area contributed by atoms with Gasteiger partial charge in [-0.1, -0.05) is 30.0 Å². The number of aromatic amines is 1. The number of aromatic nitrogens is 6. The number of para-hydroxylation sites is 1. The normalized spacial score (nSPS) is 14.1. The molecular formula is C24H28N8O2S. The number of fused-ring (bicyclic) bond motifs is 1. The second kappa shape index (κ2) is 9.95. The molecular weight excluding hydrogens is 464 g/mol. The SMILES string of the molecule is Cc1ccnc(SCCCn2c(N3CCN(c4ccccc4)CC3)nc3c2c(=O)[nH]c(=O)n3C)n1. The van der Waals surface area contributed by atoms with E-state index in [0.29, 0.717) is 17.7 Å². The molecule has 0 spiro atoms. The number of hydrogen-bond donors (Lipinski definition) is 1. The minimum atomic E-state index is -0.459. The first-order chi connectivity index (χ1) is 17.0. The van der Waals surface area contributed by atoms with Crippen LogP contribution in [0.2, 0.25) is 0 Å². The largest absolute Gasteiger partial charge is 0.368 e. The van der Waals surface area contributed by atoms with Gasteiger partial charge in [-0.3, -0.25) is 14.3 Å². The lowest BCUT2D eigenvalue weighted by Crippen LogP contribution is -2.47. The number of aryl methyl sites for hydroxylation is 3. The first-order valence-electron chi connectivity index (χ1n) is 11.7. The lowest BCUT2D eigenvalue weighted by atomic mass is 10.2. The summed E-state index contributed by atoms with van der Waals surface area (Å²) >= 11 is 1.59. The summed E-state index contributed by atoms with van der Waals surface area (Å²) < 4.78 is 3.37. The van der Waals surface area contributed by atoms with Gasteiger partial charge in [0.1, 0.15) is 0 Å². The molecule has 1 aliphatic heterocycles. The van der Waals surface area contributed by atoms with Gasteiger partial charge < -0.3 is 14.4 Å². The van der Waals surface area contributed by atoms with E-state index < -0.39 is 11.2 Å². The molecule has 3 aromatic heterocycles. The molecule has 1 N–H and O–H groups in total. The number of imidazole rings is 1. The van der Waals surface area contributed by atoms with Crippen LogP contribution < -0.4 is 21.0 Å². The summed E-state index contributed by atoms with van der Waals surface area (Å²) in [6, 6.07) is 12.2. The third kappa shape index (κ3) is 4.81. The van der Waals surface area contributed by atoms with Gasteiger partial charge in [0.15, 0.2) is 16.3 Å². The Morgan fingerprint density at radius 1 is 1.00 bits per heavy atom. The molecule has 4 heterocycles. The van der Waals surface area contributed by atoms with Crippen LogP contribution in [0.25, 0.3) is 11.2 Å². The van der Waals surface area contributed by atoms with E-state index in [9.17, 15) is 9.59 Å². The molecule has 1 fully saturated rings. The second-order valence-corrected chi connectivity index (χ2v) is 9.61. The molecule has 0 unspecified atom stereocenters. The maximum Gasteiger partial charge on any atom is 0.329 e. The molecule has 0 amide bonds. The van der Waals surface area contributed by atoms with Crippen molar-refractivity contribution in [1.29, 1.82) is 0 Å². The summed E-state index contributed by atoms with van der Waals surface area (Å²) in [6.07, 6.45) is 2.56. The van der Waals surface area contributed by atoms with E-state index in [1.54, 1.807) is 25.0 Å². The first-order valence-corrected chi connectivity index (χ1v) is 12.7. The summed E-state index contributed by atoms with van der Waals surface area (Å²) in [7, 11) is 1.64. The van der Waals surface area contributed by atoms with Crippen LogP contribution in [-0.2, 0) is 13.6 Å². The minimum Gasteiger partial charge on any atom is -0.368 e. The lowest BCUT2D eigenvalue weighted by molar-refractivity contribution is 0.610. The Balaban J connectivity index is 1.38. The predicted octanol–water partition coefficient (Wildman–Crippen LogP) is 2.03. The summed E-state index contributed by atoms with van der Waals surface area (Å²) in [5.41, 5.74) is 2.12. The Labute approximate surface area is 206 Å². The van der Waals surface area contributed by atoms with Crippen LogP contribution in [-0.4, -0.2) is 61.0 Å². The monoisotopic (exact) mass is 492 g/mol. The van der Waals surface area contributed by atoms with Crippen molar-refractivity contribution in [3.8, 4) is 0 Å². The number of hydrogen-bond acceptors (Lipinski definition) is 8. The van der Waals surface area contributed by atoms with Crippen molar-refractivity contribution in [2.75, 3.05) is 41.7 Å². The lowest BCUT2D eigenvalue weighted by Gasteiger charge is -2.36. The van der Waals surface area contributed by atoms with E-state index in [4.69, 9.17) is 4.98 Å². The molecule has 0 atom stereocenters. The highest BCUT2D eigenvalue weighted by Gasteiger charge is 2.25. The van der Waals surface area contributed by atoms with Crippen LogP contribution in [0.15, 0.2) is 57.3 Å². The first kappa shape index (κ1) is 23.2. The Hall–Kier alpha value is -3.60. The fourth-order valence-electron chi connectivity index (χ4n) is 4.36. The third-order valence-electron chi connectivity index (χ3n) is 6.20. The Morgan fingerprint density at radius 3 is 2.49 bits per heavy atom. The highest BCUT2D eigenvalue weighted by atomic mass is 32.2. The number of nitrogens with one attached hydrogen (secondary N) is 1. The van der Waals surface area contributed by atoms with Crippen LogP contribution >= 0.6 is 11.8 Å². The molecule has 11 heteroatoms. The maximum atomic E-state index is 12.8. The Morgan fingerprint density at radius 2 is 1.74 bits per heavy atom. The number of benzene rings is 1. The van der Waals surface area contributed by atoms with Crippen molar-refractivity contribution in [3.05, 3.63) is 69.1 Å². The molecule has 5 rings (SSSR count). The summed E-state index contributed by atoms with van der Waals surface area (Å²) in [4.78, 5) is 45.6. The van der Waals surface area contributed by atoms with Gasteiger partial charge in [-0.25, -0.2) is 14.8 Å². The number of H-pyrrole nitrogens is 1. The molecule has 4 aromatic rings. The van der Waals surface area contributed by atoms with E-state index in [1.807, 2.05) is 35.8 Å². The van der Waals surface area contributed by atoms with Crippen molar-refractivity contribution < 1.29 is 0 Å². The van der Waals surface area contributed by atoms with Gasteiger partial charge in [0.25, 0.3) is 5.56 Å². The van der Waals surface area contributed by atoms with Gasteiger partial charge in [0, 0.05) is 63.1 Å². The number of piperazine rings is 1. The van der Waals surface area contributed by atoms with Crippen molar-refractivity contribution >= 4 is 34.6 Å². The molecule has 182 valence electrons. The number of rotatable bonds is 7. The van der Waals surface area contributed by atoms with Crippen LogP contribution in [0.5, 0.6) is 0 Å². The van der Waals surface area contributed by atoms with E-state index in [2.05, 4.69) is 36.9 Å². The molecule has 0 aliphatic carbocycles. The van der Waals surface area contributed by atoms with Crippen LogP contribution in [0.1, 0.15) is 12.1 Å². The van der Waals surface area contributed by atoms with Gasteiger partial charge in [-0.15, -0.1) is 0 Å². The zero-order valence-electron chi connectivity index (χ0n) is 19.8. The van der Waals surface area contributed by atoms with Gasteiger partial charge in [0.2, 0.25) is 5.95 Å². The fourth-order valence-corrected chi connectivity index (χ4v) is 5.16. The zero-order chi connectivity index (χ0) is 24.4. The smallest absolute Gasteiger partial charge is 0.329 e. The molecule has 1 aliphatic rings. The van der Waals surface area contributed by atoms with Crippen molar-refractivity contribution in [3.63, 3.8) is 0 Å². The van der Waals surface area contributed by atoms with Gasteiger partial charge in [-0.2, -0.15) is 4.98 Å². The van der Waals surface area contributed by atoms with Gasteiger partial charge in [-0.05, 0) is 31.5 Å². The van der Waals surface area contributed by atoms with E-state index >= 15 is 0 Å². The average Bonchev–Trinajstić information content (AvgIpc) is 3.26. The average molecular weight is 493 g/mol. The predicted molar refractivity (Wildman–Crippen MR) is 139 cm³/mol. The topological polar surface area (TPSA) is 105 Å². The summed E-state index contributed by atoms with van der Waals surface area (Å²) in [6.45, 7) is 5.80. The van der Waals surface area contributed by atoms with Gasteiger partial charge >= 0.3 is 5.69 Å². The standard InChI is InChI=1S/C24H28N8O2S/c1-17-9-10-25-22(26-17)35-16-6-11-32-19-20(29(2)24(34)28-21(19)33)27-23(32)31-14-12-30(13-15-31)18-7-4-3-5-8-18/h3-5,7-10H,6,11-16H2,1-2H3,(H,28,33,34). The fraction of sp³-hybridized carbons (Fsp3) is 0.375. The van der Waals surface area contributed by atoms with E-state index in [0.717, 1.165) is 55.2 Å². The van der Waals surface area contributed by atoms with Gasteiger partial charge in [0.05, 0.1) is 0 Å². The van der Waals surface area contributed by atoms with E-state index in [-0.39, 0.29) is 0 Å². The summed E-state index contributed by atoms with van der Waals surface area (Å²) in [5, 5.41) is 0.748. The summed E-state index contributed by atoms with van der Waals surface area (Å²) in [5.74, 6) is 1.53. The molecule has 1 aromatic carbocycles. The van der Waals surface area contributed by atoms with Crippen molar-refractivity contribution in [2.24, 2.45) is 7.05 Å². The number of nitrogens with zero attached hydrogens (tertiary/aromatic N) is 7. The molecule has 1 saturated heterocycles. The molecule has 0 saturated carbocycles. The number of anilines is 2. The Kier molecular flexibility index (Phi) is 6.58. The van der Waals surface area contributed by atoms with Crippen LogP contribution in [0.4, 0.5) is 11.6 Å². The quantitative estimate of drug-likeness (QED) is 0.237. The molecule has 10 nitrogen and oxygen atoms in total.